The monoisotopic (exact) mass is 1090 g/mol. The summed E-state index contributed by atoms with van der Waals surface area (Å²) in [4.78, 5) is 21.4. The van der Waals surface area contributed by atoms with E-state index >= 15 is 0 Å². The zero-order chi connectivity index (χ0) is 52.8. The molecule has 0 saturated heterocycles. The van der Waals surface area contributed by atoms with Crippen molar-refractivity contribution in [3.63, 3.8) is 0 Å². The number of phenolic OH excluding ortho intramolecular Hbond substituents is 2. The van der Waals surface area contributed by atoms with Crippen LogP contribution in [0.2, 0.25) is 0 Å². The van der Waals surface area contributed by atoms with Crippen molar-refractivity contribution >= 4 is 121 Å². The minimum absolute atomic E-state index is 0. The summed E-state index contributed by atoms with van der Waals surface area (Å²) in [6.07, 6.45) is 0. The largest absolute Gasteiger partial charge is 1.00 e. The van der Waals surface area contributed by atoms with E-state index in [1.165, 1.54) is 115 Å². The fourth-order valence-corrected chi connectivity index (χ4v) is 8.63. The zero-order valence-corrected chi connectivity index (χ0v) is 45.0. The molecule has 8 rings (SSSR count). The first-order valence-corrected chi connectivity index (χ1v) is 24.1. The quantitative estimate of drug-likeness (QED) is 0.0310. The molecule has 0 saturated carbocycles. The van der Waals surface area contributed by atoms with Gasteiger partial charge in [0.05, 0.1) is 59.6 Å². The van der Waals surface area contributed by atoms with Gasteiger partial charge in [-0.2, -0.15) is 42.8 Å². The van der Waals surface area contributed by atoms with Gasteiger partial charge in [-0.3, -0.25) is 0 Å². The van der Waals surface area contributed by atoms with Gasteiger partial charge in [0.15, 0.2) is 5.75 Å². The Bertz CT molecular complexity index is 4030. The van der Waals surface area contributed by atoms with Gasteiger partial charge in [0.2, 0.25) is 9.84 Å². The summed E-state index contributed by atoms with van der Waals surface area (Å²) in [5.41, 5.74) is 12.5. The van der Waals surface area contributed by atoms with Gasteiger partial charge in [-0.1, -0.05) is 22.9 Å². The van der Waals surface area contributed by atoms with Crippen LogP contribution in [0.1, 0.15) is 20.7 Å². The molecule has 0 aliphatic heterocycles. The van der Waals surface area contributed by atoms with Crippen LogP contribution in [-0.4, -0.2) is 66.4 Å². The number of fused-ring (bicyclic) bond motifs is 2. The standard InChI is InChI=1S/C46H31N10O11S2.2Na.O3S/c47-34-16-19-36(53-51-28-5-1-3-24(21-28)45(59)60)32-15-18-38(43(57)40(32)34)55-49-26-7-11-30(12-8-26)68(63,64)31-13-9-27(10-14-31)50-56-42-39(69(65,66)67)23-33-37(20-17-35(48)41(33)44(42)58)54-52-29-6-2-4-25(22-29)46(61)62;;;1-4(2)3/h1-17,19-23,57-58H,47-48H2,(H,59,60)(H,61,62)(H,65,66,67);;;/q-1;2*+1;/p-1. The van der Waals surface area contributed by atoms with Gasteiger partial charge in [-0.05, 0) is 115 Å². The van der Waals surface area contributed by atoms with Gasteiger partial charge in [0, 0.05) is 33.9 Å². The molecule has 0 heterocycles. The van der Waals surface area contributed by atoms with Gasteiger partial charge in [0.25, 0.3) is 0 Å². The van der Waals surface area contributed by atoms with Crippen molar-refractivity contribution in [3.8, 4) is 11.5 Å². The van der Waals surface area contributed by atoms with Crippen molar-refractivity contribution in [2.45, 2.75) is 14.7 Å². The summed E-state index contributed by atoms with van der Waals surface area (Å²) >= 11 is 0. The Morgan fingerprint density at radius 3 is 1.41 bits per heavy atom. The molecule has 0 bridgehead atoms. The predicted octanol–water partition coefficient (Wildman–Crippen LogP) is 4.17. The Morgan fingerprint density at radius 1 is 0.533 bits per heavy atom. The molecule has 8 N–H and O–H groups in total. The number of anilines is 2. The molecule has 0 fully saturated rings. The molecule has 8 aromatic carbocycles. The van der Waals surface area contributed by atoms with Crippen LogP contribution < -0.4 is 70.6 Å². The number of nitrogens with zero attached hydrogens (tertiary/aromatic N) is 8. The molecule has 24 nitrogen and oxygen atoms in total. The summed E-state index contributed by atoms with van der Waals surface area (Å²) in [5, 5.41) is 73.6. The number of nitrogens with two attached hydrogens (primary N) is 2. The summed E-state index contributed by atoms with van der Waals surface area (Å²) in [7, 11) is -12.6. The summed E-state index contributed by atoms with van der Waals surface area (Å²) in [6, 6.07) is 32.5. The molecule has 0 aromatic heterocycles. The molecule has 0 aliphatic rings. The molecule has 8 aromatic rings. The SMILES string of the molecule is Nc1ccc(N=Nc2cccc(C(=O)O)c2)c2c[c-]c(N=Nc3ccc(S(=O)(=O)c4ccc(N=Nc5c(S(=O)(=O)[O-])cc6c(N=Nc7cccc(C(=O)O)c7)ccc(N)c6c5O)cc4)cc3)c(O)c12.O=S(=O)=O.[Na+].[Na+]. The Morgan fingerprint density at radius 2 is 0.960 bits per heavy atom. The molecule has 29 heteroatoms. The minimum atomic E-state index is -5.34. The molecule has 0 aliphatic carbocycles. The third-order valence-corrected chi connectivity index (χ3v) is 12.8. The molecule has 0 amide bonds. The number of carboxylic acids is 2. The van der Waals surface area contributed by atoms with E-state index in [4.69, 9.17) is 24.1 Å². The number of carbonyl (C=O) groups is 2. The maximum absolute atomic E-state index is 13.6. The van der Waals surface area contributed by atoms with Gasteiger partial charge < -0.3 is 36.4 Å². The van der Waals surface area contributed by atoms with Crippen molar-refractivity contribution in [2.75, 3.05) is 11.5 Å². The van der Waals surface area contributed by atoms with E-state index in [9.17, 15) is 51.4 Å². The topological polar surface area (TPSA) is 409 Å². The number of benzene rings is 8. The molecule has 368 valence electrons. The van der Waals surface area contributed by atoms with Crippen LogP contribution >= 0.6 is 0 Å². The van der Waals surface area contributed by atoms with Crippen LogP contribution in [0.15, 0.2) is 189 Å². The number of sulfone groups is 1. The predicted molar refractivity (Wildman–Crippen MR) is 258 cm³/mol. The normalized spacial score (nSPS) is 11.6. The van der Waals surface area contributed by atoms with Crippen molar-refractivity contribution in [1.29, 1.82) is 0 Å². The minimum Gasteiger partial charge on any atom is -0.744 e. The first-order chi connectivity index (χ1) is 34.6. The molecular weight excluding hydrogens is 1060 g/mol. The van der Waals surface area contributed by atoms with Gasteiger partial charge >= 0.3 is 81.7 Å². The van der Waals surface area contributed by atoms with Gasteiger partial charge in [-0.15, -0.1) is 22.9 Å². The Balaban J connectivity index is 0.00000167. The van der Waals surface area contributed by atoms with Crippen LogP contribution in [0.25, 0.3) is 21.5 Å². The van der Waals surface area contributed by atoms with E-state index in [0.29, 0.717) is 11.1 Å². The van der Waals surface area contributed by atoms with Crippen molar-refractivity contribution in [3.05, 3.63) is 151 Å². The van der Waals surface area contributed by atoms with Gasteiger partial charge in [-0.25, -0.2) is 26.4 Å². The third kappa shape index (κ3) is 13.7. The molecule has 75 heavy (non-hydrogen) atoms. The number of rotatable bonds is 13. The van der Waals surface area contributed by atoms with Crippen LogP contribution in [0.4, 0.5) is 56.9 Å². The molecule has 0 atom stereocenters. The van der Waals surface area contributed by atoms with Crippen molar-refractivity contribution in [2.24, 2.45) is 40.9 Å². The van der Waals surface area contributed by atoms with E-state index in [0.717, 1.165) is 6.07 Å². The molecule has 0 spiro atoms. The number of hydrogen-bond acceptors (Lipinski definition) is 22. The molecular formula is C46H30N10Na2O14S3. The Labute approximate surface area is 469 Å². The first-order valence-electron chi connectivity index (χ1n) is 20.2. The number of aromatic carboxylic acids is 2. The summed E-state index contributed by atoms with van der Waals surface area (Å²) in [5.74, 6) is -3.52. The van der Waals surface area contributed by atoms with E-state index in [1.807, 2.05) is 0 Å². The number of carboxylic acid groups (broad SMARTS) is 2. The number of aromatic hydroxyl groups is 2. The maximum atomic E-state index is 13.6. The summed E-state index contributed by atoms with van der Waals surface area (Å²) < 4.78 is 90.0. The fraction of sp³-hybridized carbons (Fsp3) is 0. The van der Waals surface area contributed by atoms with Crippen molar-refractivity contribution in [1.82, 2.24) is 0 Å². The van der Waals surface area contributed by atoms with Crippen LogP contribution in [0, 0.1) is 6.07 Å². The summed E-state index contributed by atoms with van der Waals surface area (Å²) in [6.45, 7) is 0. The number of hydrogen-bond donors (Lipinski definition) is 6. The molecule has 0 unspecified atom stereocenters. The fourth-order valence-electron chi connectivity index (χ4n) is 6.73. The average Bonchev–Trinajstić information content (AvgIpc) is 3.35. The second-order valence-corrected chi connectivity index (χ2v) is 18.5. The number of azo groups is 4. The Kier molecular flexibility index (Phi) is 19.1. The number of phenols is 2. The smallest absolute Gasteiger partial charge is 0.744 e. The van der Waals surface area contributed by atoms with E-state index in [1.54, 1.807) is 12.1 Å². The second-order valence-electron chi connectivity index (χ2n) is 14.8. The average molecular weight is 1090 g/mol. The van der Waals surface area contributed by atoms with Gasteiger partial charge in [0.1, 0.15) is 15.8 Å². The Hall–Kier alpha value is -7.70. The maximum Gasteiger partial charge on any atom is 1.00 e. The van der Waals surface area contributed by atoms with Crippen molar-refractivity contribution < 1.29 is 123 Å². The number of nitrogen functional groups attached to an aromatic ring is 2. The van der Waals surface area contributed by atoms with E-state index in [-0.39, 0.29) is 147 Å². The van der Waals surface area contributed by atoms with E-state index < -0.39 is 58.8 Å². The zero-order valence-electron chi connectivity index (χ0n) is 38.5. The van der Waals surface area contributed by atoms with E-state index in [2.05, 4.69) is 47.0 Å². The van der Waals surface area contributed by atoms with Crippen LogP contribution in [0.5, 0.6) is 11.5 Å². The van der Waals surface area contributed by atoms with Crippen LogP contribution in [0.3, 0.4) is 0 Å². The van der Waals surface area contributed by atoms with Crippen LogP contribution in [-0.2, 0) is 30.6 Å². The second kappa shape index (κ2) is 24.6. The molecule has 0 radical (unpaired) electrons. The first kappa shape index (κ1) is 58.2. The third-order valence-electron chi connectivity index (χ3n) is 10.1.